The maximum atomic E-state index is 9.47. The van der Waals surface area contributed by atoms with Crippen molar-refractivity contribution in [2.24, 2.45) is 5.92 Å². The quantitative estimate of drug-likeness (QED) is 0.811. The molecular weight excluding hydrogens is 244 g/mol. The molecule has 1 heterocycles. The number of phenols is 2. The van der Waals surface area contributed by atoms with E-state index in [1.807, 2.05) is 0 Å². The molecule has 5 heteroatoms. The van der Waals surface area contributed by atoms with E-state index in [1.54, 1.807) is 6.07 Å². The van der Waals surface area contributed by atoms with Crippen LogP contribution in [-0.4, -0.2) is 20.4 Å². The first-order chi connectivity index (χ1) is 9.13. The number of aromatic nitrogens is 2. The van der Waals surface area contributed by atoms with Gasteiger partial charge in [-0.25, -0.2) is 0 Å². The summed E-state index contributed by atoms with van der Waals surface area (Å²) < 4.78 is 5.24. The predicted molar refractivity (Wildman–Crippen MR) is 68.8 cm³/mol. The van der Waals surface area contributed by atoms with E-state index >= 15 is 0 Å². The minimum atomic E-state index is -0.188. The summed E-state index contributed by atoms with van der Waals surface area (Å²) >= 11 is 0. The first kappa shape index (κ1) is 12.0. The Morgan fingerprint density at radius 1 is 1.21 bits per heavy atom. The molecule has 2 atom stereocenters. The standard InChI is InChI=1S/C14H16N2O3/c1-8-2-3-9(6-8)13-15-14(19-16-13)10-4-5-11(17)12(18)7-10/h4-5,7-9,17-18H,2-3,6H2,1H3. The average Bonchev–Trinajstić information content (AvgIpc) is 3.01. The van der Waals surface area contributed by atoms with Crippen molar-refractivity contribution in [3.8, 4) is 23.0 Å². The van der Waals surface area contributed by atoms with Gasteiger partial charge in [0.15, 0.2) is 17.3 Å². The Balaban J connectivity index is 1.86. The van der Waals surface area contributed by atoms with Gasteiger partial charge in [0.25, 0.3) is 5.89 Å². The van der Waals surface area contributed by atoms with E-state index in [9.17, 15) is 10.2 Å². The summed E-state index contributed by atoms with van der Waals surface area (Å²) in [7, 11) is 0. The smallest absolute Gasteiger partial charge is 0.258 e. The van der Waals surface area contributed by atoms with Gasteiger partial charge in [-0.05, 0) is 43.4 Å². The Morgan fingerprint density at radius 3 is 2.74 bits per heavy atom. The molecule has 0 radical (unpaired) electrons. The maximum absolute atomic E-state index is 9.47. The van der Waals surface area contributed by atoms with E-state index < -0.39 is 0 Å². The van der Waals surface area contributed by atoms with Gasteiger partial charge in [-0.1, -0.05) is 12.1 Å². The van der Waals surface area contributed by atoms with Gasteiger partial charge in [0, 0.05) is 11.5 Å². The molecule has 3 rings (SSSR count). The zero-order valence-electron chi connectivity index (χ0n) is 10.7. The number of benzene rings is 1. The van der Waals surface area contributed by atoms with Crippen LogP contribution in [0.1, 0.15) is 37.9 Å². The first-order valence-electron chi connectivity index (χ1n) is 6.49. The molecule has 1 aliphatic carbocycles. The third kappa shape index (κ3) is 2.28. The minimum absolute atomic E-state index is 0.159. The number of rotatable bonds is 2. The molecule has 2 N–H and O–H groups in total. The molecule has 0 saturated heterocycles. The summed E-state index contributed by atoms with van der Waals surface area (Å²) in [6.07, 6.45) is 3.40. The van der Waals surface area contributed by atoms with Crippen molar-refractivity contribution in [1.29, 1.82) is 0 Å². The van der Waals surface area contributed by atoms with Crippen LogP contribution in [0.2, 0.25) is 0 Å². The average molecular weight is 260 g/mol. The van der Waals surface area contributed by atoms with Gasteiger partial charge in [0.05, 0.1) is 0 Å². The zero-order valence-corrected chi connectivity index (χ0v) is 10.7. The molecule has 0 spiro atoms. The highest BCUT2D eigenvalue weighted by atomic mass is 16.5. The molecule has 1 saturated carbocycles. The van der Waals surface area contributed by atoms with Crippen LogP contribution in [0.15, 0.2) is 22.7 Å². The van der Waals surface area contributed by atoms with E-state index in [0.29, 0.717) is 23.3 Å². The number of hydrogen-bond donors (Lipinski definition) is 2. The topological polar surface area (TPSA) is 79.4 Å². The Labute approximate surface area is 110 Å². The fourth-order valence-corrected chi connectivity index (χ4v) is 2.62. The lowest BCUT2D eigenvalue weighted by molar-refractivity contribution is 0.401. The highest BCUT2D eigenvalue weighted by Gasteiger charge is 2.27. The minimum Gasteiger partial charge on any atom is -0.504 e. The van der Waals surface area contributed by atoms with E-state index in [0.717, 1.165) is 18.7 Å². The van der Waals surface area contributed by atoms with Gasteiger partial charge in [0.1, 0.15) is 0 Å². The molecule has 0 bridgehead atoms. The molecule has 2 aromatic rings. The lowest BCUT2D eigenvalue weighted by atomic mass is 10.1. The molecule has 1 fully saturated rings. The normalized spacial score (nSPS) is 22.8. The molecule has 0 amide bonds. The lowest BCUT2D eigenvalue weighted by Crippen LogP contribution is -1.96. The van der Waals surface area contributed by atoms with Gasteiger partial charge in [0.2, 0.25) is 0 Å². The number of nitrogens with zero attached hydrogens (tertiary/aromatic N) is 2. The Hall–Kier alpha value is -2.04. The molecule has 0 aliphatic heterocycles. The van der Waals surface area contributed by atoms with Gasteiger partial charge in [-0.2, -0.15) is 4.98 Å². The van der Waals surface area contributed by atoms with Crippen LogP contribution in [-0.2, 0) is 0 Å². The van der Waals surface area contributed by atoms with Crippen LogP contribution >= 0.6 is 0 Å². The zero-order chi connectivity index (χ0) is 13.4. The summed E-state index contributed by atoms with van der Waals surface area (Å²) in [5, 5.41) is 22.8. The predicted octanol–water partition coefficient (Wildman–Crippen LogP) is 3.05. The monoisotopic (exact) mass is 260 g/mol. The highest BCUT2D eigenvalue weighted by Crippen LogP contribution is 2.37. The summed E-state index contributed by atoms with van der Waals surface area (Å²) in [5.74, 6) is 1.86. The van der Waals surface area contributed by atoms with E-state index in [2.05, 4.69) is 17.1 Å². The fraction of sp³-hybridized carbons (Fsp3) is 0.429. The summed E-state index contributed by atoms with van der Waals surface area (Å²) in [6.45, 7) is 2.24. The number of aromatic hydroxyl groups is 2. The summed E-state index contributed by atoms with van der Waals surface area (Å²) in [6, 6.07) is 4.47. The molecule has 1 aromatic heterocycles. The van der Waals surface area contributed by atoms with Crippen LogP contribution in [0.5, 0.6) is 11.5 Å². The van der Waals surface area contributed by atoms with E-state index in [-0.39, 0.29) is 11.5 Å². The Morgan fingerprint density at radius 2 is 2.05 bits per heavy atom. The number of hydrogen-bond acceptors (Lipinski definition) is 5. The third-order valence-electron chi connectivity index (χ3n) is 3.72. The van der Waals surface area contributed by atoms with E-state index in [1.165, 1.54) is 18.6 Å². The van der Waals surface area contributed by atoms with Crippen molar-refractivity contribution in [1.82, 2.24) is 10.1 Å². The Bertz CT molecular complexity index is 594. The summed E-state index contributed by atoms with van der Waals surface area (Å²) in [4.78, 5) is 4.40. The SMILES string of the molecule is CC1CCC(c2noc(-c3ccc(O)c(O)c3)n2)C1. The molecule has 1 aromatic carbocycles. The van der Waals surface area contributed by atoms with Crippen molar-refractivity contribution >= 4 is 0 Å². The third-order valence-corrected chi connectivity index (χ3v) is 3.72. The molecule has 100 valence electrons. The van der Waals surface area contributed by atoms with Crippen molar-refractivity contribution in [2.75, 3.05) is 0 Å². The van der Waals surface area contributed by atoms with Crippen molar-refractivity contribution in [3.63, 3.8) is 0 Å². The van der Waals surface area contributed by atoms with Crippen LogP contribution in [0.4, 0.5) is 0 Å². The maximum Gasteiger partial charge on any atom is 0.258 e. The molecule has 19 heavy (non-hydrogen) atoms. The van der Waals surface area contributed by atoms with Crippen LogP contribution in [0.3, 0.4) is 0 Å². The second-order valence-corrected chi connectivity index (χ2v) is 5.28. The van der Waals surface area contributed by atoms with Crippen molar-refractivity contribution in [3.05, 3.63) is 24.0 Å². The van der Waals surface area contributed by atoms with Gasteiger partial charge >= 0.3 is 0 Å². The number of phenolic OH excluding ortho intramolecular Hbond substituents is 2. The van der Waals surface area contributed by atoms with Crippen LogP contribution in [0, 0.1) is 5.92 Å². The van der Waals surface area contributed by atoms with Gasteiger partial charge < -0.3 is 14.7 Å². The highest BCUT2D eigenvalue weighted by molar-refractivity contribution is 5.58. The van der Waals surface area contributed by atoms with Gasteiger partial charge in [-0.15, -0.1) is 0 Å². The molecule has 2 unspecified atom stereocenters. The Kier molecular flexibility index (Phi) is 2.89. The molecular formula is C14H16N2O3. The summed E-state index contributed by atoms with van der Waals surface area (Å²) in [5.41, 5.74) is 0.611. The lowest BCUT2D eigenvalue weighted by Gasteiger charge is -2.01. The molecule has 1 aliphatic rings. The first-order valence-corrected chi connectivity index (χ1v) is 6.49. The largest absolute Gasteiger partial charge is 0.504 e. The van der Waals surface area contributed by atoms with Crippen LogP contribution in [0.25, 0.3) is 11.5 Å². The van der Waals surface area contributed by atoms with Crippen molar-refractivity contribution < 1.29 is 14.7 Å². The molecule has 5 nitrogen and oxygen atoms in total. The van der Waals surface area contributed by atoms with Crippen LogP contribution < -0.4 is 0 Å². The second-order valence-electron chi connectivity index (χ2n) is 5.28. The fourth-order valence-electron chi connectivity index (χ4n) is 2.62. The van der Waals surface area contributed by atoms with Crippen molar-refractivity contribution in [2.45, 2.75) is 32.1 Å². The van der Waals surface area contributed by atoms with E-state index in [4.69, 9.17) is 4.52 Å². The second kappa shape index (κ2) is 4.57. The van der Waals surface area contributed by atoms with Gasteiger partial charge in [-0.3, -0.25) is 0 Å².